The van der Waals surface area contributed by atoms with Gasteiger partial charge in [0.1, 0.15) is 11.7 Å². The average molecular weight is 319 g/mol. The van der Waals surface area contributed by atoms with Crippen LogP contribution in [0, 0.1) is 6.92 Å². The Balaban J connectivity index is 1.76. The van der Waals surface area contributed by atoms with Crippen molar-refractivity contribution < 1.29 is 14.0 Å². The van der Waals surface area contributed by atoms with Gasteiger partial charge in [-0.2, -0.15) is 0 Å². The Hall–Kier alpha value is -2.15. The summed E-state index contributed by atoms with van der Waals surface area (Å²) in [5, 5.41) is 6.26. The van der Waals surface area contributed by atoms with Gasteiger partial charge in [0, 0.05) is 11.4 Å². The third-order valence-corrected chi connectivity index (χ3v) is 4.57. The lowest BCUT2D eigenvalue weighted by molar-refractivity contribution is -0.122. The van der Waals surface area contributed by atoms with E-state index in [2.05, 4.69) is 15.6 Å². The van der Waals surface area contributed by atoms with Gasteiger partial charge in [-0.25, -0.2) is 4.98 Å². The highest BCUT2D eigenvalue weighted by Gasteiger charge is 2.25. The molecule has 1 aliphatic heterocycles. The molecule has 2 aromatic heterocycles. The number of carbonyl (C=O) groups is 2. The molecule has 1 fully saturated rings. The number of thiazole rings is 1. The van der Waals surface area contributed by atoms with Crippen LogP contribution in [0.3, 0.4) is 0 Å². The van der Waals surface area contributed by atoms with E-state index in [0.29, 0.717) is 29.4 Å². The van der Waals surface area contributed by atoms with E-state index in [-0.39, 0.29) is 11.8 Å². The Bertz CT molecular complexity index is 678. The number of rotatable bonds is 3. The molecule has 2 amide bonds. The van der Waals surface area contributed by atoms with E-state index in [4.69, 9.17) is 4.42 Å². The van der Waals surface area contributed by atoms with Gasteiger partial charge in [-0.05, 0) is 38.3 Å². The number of hydrogen-bond donors (Lipinski definition) is 2. The molecule has 7 heteroatoms. The van der Waals surface area contributed by atoms with Crippen LogP contribution in [-0.2, 0) is 4.79 Å². The highest BCUT2D eigenvalue weighted by molar-refractivity contribution is 7.15. The molecule has 0 unspecified atom stereocenters. The lowest BCUT2D eigenvalue weighted by Crippen LogP contribution is -2.45. The van der Waals surface area contributed by atoms with Crippen LogP contribution in [0.1, 0.15) is 34.6 Å². The first-order valence-electron chi connectivity index (χ1n) is 7.25. The Morgan fingerprint density at radius 3 is 3.14 bits per heavy atom. The topological polar surface area (TPSA) is 84.2 Å². The Morgan fingerprint density at radius 1 is 1.50 bits per heavy atom. The summed E-state index contributed by atoms with van der Waals surface area (Å²) >= 11 is 1.40. The summed E-state index contributed by atoms with van der Waals surface area (Å²) in [6, 6.07) is 3.10. The van der Waals surface area contributed by atoms with Crippen molar-refractivity contribution in [3.05, 3.63) is 29.0 Å². The summed E-state index contributed by atoms with van der Waals surface area (Å²) < 4.78 is 5.30. The molecule has 1 atom stereocenters. The third-order valence-electron chi connectivity index (χ3n) is 3.58. The lowest BCUT2D eigenvalue weighted by atomic mass is 10.1. The van der Waals surface area contributed by atoms with Crippen LogP contribution in [-0.4, -0.2) is 29.4 Å². The van der Waals surface area contributed by atoms with Crippen LogP contribution in [0.15, 0.2) is 22.8 Å². The molecule has 2 N–H and O–H groups in total. The summed E-state index contributed by atoms with van der Waals surface area (Å²) in [4.78, 5) is 29.4. The first-order chi connectivity index (χ1) is 10.6. The lowest BCUT2D eigenvalue weighted by Gasteiger charge is -2.14. The SMILES string of the molecule is Cc1sc(-c2ccco2)nc1C(=O)N[C@@H]1CCCCNC1=O. The van der Waals surface area contributed by atoms with Gasteiger partial charge in [0.05, 0.1) is 6.26 Å². The molecule has 6 nitrogen and oxygen atoms in total. The standard InChI is InChI=1S/C15H17N3O3S/c1-9-12(18-15(22-9)11-6-4-8-21-11)14(20)17-10-5-2-3-7-16-13(10)19/h4,6,8,10H,2-3,5,7H2,1H3,(H,16,19)(H,17,20)/t10-/m1/s1. The summed E-state index contributed by atoms with van der Waals surface area (Å²) in [5.74, 6) is 0.206. The van der Waals surface area contributed by atoms with Crippen LogP contribution in [0.5, 0.6) is 0 Å². The molecule has 0 saturated carbocycles. The molecule has 0 radical (unpaired) electrons. The smallest absolute Gasteiger partial charge is 0.271 e. The fraction of sp³-hybridized carbons (Fsp3) is 0.400. The maximum atomic E-state index is 12.4. The summed E-state index contributed by atoms with van der Waals surface area (Å²) in [5.41, 5.74) is 0.355. The summed E-state index contributed by atoms with van der Waals surface area (Å²) in [6.07, 6.45) is 4.08. The second-order valence-corrected chi connectivity index (χ2v) is 6.42. The van der Waals surface area contributed by atoms with Crippen molar-refractivity contribution in [3.63, 3.8) is 0 Å². The van der Waals surface area contributed by atoms with Gasteiger partial charge in [-0.1, -0.05) is 0 Å². The number of nitrogens with zero attached hydrogens (tertiary/aromatic N) is 1. The molecular formula is C15H17N3O3S. The number of aryl methyl sites for hydroxylation is 1. The van der Waals surface area contributed by atoms with Gasteiger partial charge in [0.2, 0.25) is 5.91 Å². The Kier molecular flexibility index (Phi) is 4.24. The van der Waals surface area contributed by atoms with Gasteiger partial charge in [0.25, 0.3) is 5.91 Å². The van der Waals surface area contributed by atoms with Crippen molar-refractivity contribution in [1.82, 2.24) is 15.6 Å². The third kappa shape index (κ3) is 3.04. The number of carbonyl (C=O) groups excluding carboxylic acids is 2. The summed E-state index contributed by atoms with van der Waals surface area (Å²) in [7, 11) is 0. The zero-order valence-electron chi connectivity index (χ0n) is 12.2. The van der Waals surface area contributed by atoms with E-state index in [1.807, 2.05) is 6.92 Å². The van der Waals surface area contributed by atoms with Crippen molar-refractivity contribution in [2.45, 2.75) is 32.2 Å². The van der Waals surface area contributed by atoms with E-state index >= 15 is 0 Å². The highest BCUT2D eigenvalue weighted by Crippen LogP contribution is 2.27. The average Bonchev–Trinajstić information content (AvgIpc) is 3.10. The molecule has 0 bridgehead atoms. The number of furan rings is 1. The van der Waals surface area contributed by atoms with Crippen molar-refractivity contribution in [3.8, 4) is 10.8 Å². The molecule has 1 saturated heterocycles. The minimum absolute atomic E-state index is 0.120. The fourth-order valence-corrected chi connectivity index (χ4v) is 3.30. The molecule has 22 heavy (non-hydrogen) atoms. The largest absolute Gasteiger partial charge is 0.462 e. The van der Waals surface area contributed by atoms with Crippen LogP contribution in [0.25, 0.3) is 10.8 Å². The molecule has 2 aromatic rings. The summed E-state index contributed by atoms with van der Waals surface area (Å²) in [6.45, 7) is 2.51. The second kappa shape index (κ2) is 6.31. The van der Waals surface area contributed by atoms with Crippen LogP contribution < -0.4 is 10.6 Å². The zero-order chi connectivity index (χ0) is 15.5. The molecule has 3 rings (SSSR count). The van der Waals surface area contributed by atoms with Gasteiger partial charge in [-0.3, -0.25) is 9.59 Å². The van der Waals surface area contributed by atoms with Gasteiger partial charge < -0.3 is 15.1 Å². The van der Waals surface area contributed by atoms with E-state index in [1.54, 1.807) is 18.4 Å². The first kappa shape index (κ1) is 14.8. The quantitative estimate of drug-likeness (QED) is 0.907. The molecule has 0 aromatic carbocycles. The van der Waals surface area contributed by atoms with Crippen LogP contribution >= 0.6 is 11.3 Å². The predicted octanol–water partition coefficient (Wildman–Crippen LogP) is 2.11. The van der Waals surface area contributed by atoms with E-state index in [1.165, 1.54) is 11.3 Å². The van der Waals surface area contributed by atoms with Crippen LogP contribution in [0.2, 0.25) is 0 Å². The molecule has 1 aliphatic rings. The highest BCUT2D eigenvalue weighted by atomic mass is 32.1. The van der Waals surface area contributed by atoms with E-state index in [0.717, 1.165) is 17.7 Å². The number of amides is 2. The van der Waals surface area contributed by atoms with Crippen LogP contribution in [0.4, 0.5) is 0 Å². The number of hydrogen-bond acceptors (Lipinski definition) is 5. The maximum absolute atomic E-state index is 12.4. The maximum Gasteiger partial charge on any atom is 0.271 e. The Labute approximate surface area is 131 Å². The molecular weight excluding hydrogens is 302 g/mol. The minimum atomic E-state index is -0.483. The monoisotopic (exact) mass is 319 g/mol. The van der Waals surface area contributed by atoms with Crippen molar-refractivity contribution in [1.29, 1.82) is 0 Å². The van der Waals surface area contributed by atoms with Gasteiger partial charge >= 0.3 is 0 Å². The zero-order valence-corrected chi connectivity index (χ0v) is 13.0. The molecule has 0 spiro atoms. The number of nitrogens with one attached hydrogen (secondary N) is 2. The van der Waals surface area contributed by atoms with Gasteiger partial charge in [0.15, 0.2) is 10.8 Å². The van der Waals surface area contributed by atoms with Crippen molar-refractivity contribution in [2.24, 2.45) is 0 Å². The fourth-order valence-electron chi connectivity index (χ4n) is 2.42. The molecule has 0 aliphatic carbocycles. The molecule has 116 valence electrons. The Morgan fingerprint density at radius 2 is 2.36 bits per heavy atom. The normalized spacial score (nSPS) is 18.6. The predicted molar refractivity (Wildman–Crippen MR) is 82.7 cm³/mol. The second-order valence-electron chi connectivity index (χ2n) is 5.21. The van der Waals surface area contributed by atoms with Crippen molar-refractivity contribution >= 4 is 23.2 Å². The first-order valence-corrected chi connectivity index (χ1v) is 8.06. The van der Waals surface area contributed by atoms with Crippen molar-refractivity contribution in [2.75, 3.05) is 6.54 Å². The minimum Gasteiger partial charge on any atom is -0.462 e. The van der Waals surface area contributed by atoms with Gasteiger partial charge in [-0.15, -0.1) is 11.3 Å². The van der Waals surface area contributed by atoms with E-state index < -0.39 is 6.04 Å². The molecule has 3 heterocycles. The number of aromatic nitrogens is 1. The van der Waals surface area contributed by atoms with E-state index in [9.17, 15) is 9.59 Å².